The number of aryl methyl sites for hydroxylation is 1. The van der Waals surface area contributed by atoms with Crippen molar-refractivity contribution in [3.05, 3.63) is 33.9 Å². The Morgan fingerprint density at radius 1 is 1.57 bits per heavy atom. The predicted molar refractivity (Wildman–Crippen MR) is 40.6 cm³/mol. The van der Waals surface area contributed by atoms with Crippen LogP contribution < -0.4 is 0 Å². The number of carbonyl (C=O) groups excluding carboxylic acids is 2. The van der Waals surface area contributed by atoms with Crippen LogP contribution in [0.1, 0.15) is 5.56 Å². The van der Waals surface area contributed by atoms with Crippen molar-refractivity contribution in [3.8, 4) is 0 Å². The Bertz CT molecular complexity index is 374. The fourth-order valence-electron chi connectivity index (χ4n) is 0.665. The molecule has 1 aromatic heterocycles. The first-order chi connectivity index (χ1) is 6.52. The van der Waals surface area contributed by atoms with Gasteiger partial charge in [0.25, 0.3) is 5.95 Å². The lowest BCUT2D eigenvalue weighted by atomic mass is 10.3. The maximum Gasteiger partial charge on any atom is 0.373 e. The molecule has 0 amide bonds. The standard InChI is InChI=1S/C6H5FN2O2.CO2/c1-4-2-5(9(10)11)6(7)8-3-4;2-1-3/h2-3H,1H3;. The minimum absolute atomic E-state index is 0.250. The number of pyridine rings is 1. The smallest absolute Gasteiger partial charge is 0.258 e. The molecule has 14 heavy (non-hydrogen) atoms. The second-order valence-electron chi connectivity index (χ2n) is 2.16. The molecule has 1 aromatic rings. The third-order valence-electron chi connectivity index (χ3n) is 1.15. The van der Waals surface area contributed by atoms with Crippen molar-refractivity contribution in [2.75, 3.05) is 0 Å². The fraction of sp³-hybridized carbons (Fsp3) is 0.143. The molecule has 0 aromatic carbocycles. The van der Waals surface area contributed by atoms with E-state index in [0.717, 1.165) is 6.07 Å². The molecule has 0 aliphatic carbocycles. The lowest BCUT2D eigenvalue weighted by Gasteiger charge is -1.92. The van der Waals surface area contributed by atoms with E-state index in [4.69, 9.17) is 9.59 Å². The zero-order valence-corrected chi connectivity index (χ0v) is 7.06. The maximum absolute atomic E-state index is 12.5. The van der Waals surface area contributed by atoms with E-state index in [1.54, 1.807) is 6.92 Å². The van der Waals surface area contributed by atoms with Crippen molar-refractivity contribution in [2.45, 2.75) is 6.92 Å². The number of nitrogens with zero attached hydrogens (tertiary/aromatic N) is 2. The van der Waals surface area contributed by atoms with Crippen LogP contribution in [0.3, 0.4) is 0 Å². The topological polar surface area (TPSA) is 90.2 Å². The molecule has 0 bridgehead atoms. The number of hydrogen-bond donors (Lipinski definition) is 0. The molecule has 1 rings (SSSR count). The third-order valence-corrected chi connectivity index (χ3v) is 1.15. The van der Waals surface area contributed by atoms with E-state index in [1.165, 1.54) is 6.20 Å². The number of hydrogen-bond acceptors (Lipinski definition) is 5. The van der Waals surface area contributed by atoms with Gasteiger partial charge in [-0.15, -0.1) is 0 Å². The summed E-state index contributed by atoms with van der Waals surface area (Å²) in [5.74, 6) is -1.04. The summed E-state index contributed by atoms with van der Waals surface area (Å²) in [6.45, 7) is 1.61. The van der Waals surface area contributed by atoms with Crippen LogP contribution in [0.4, 0.5) is 10.1 Å². The molecule has 7 heteroatoms. The van der Waals surface area contributed by atoms with Gasteiger partial charge in [-0.3, -0.25) is 10.1 Å². The molecule has 0 N–H and O–H groups in total. The second-order valence-corrected chi connectivity index (χ2v) is 2.16. The van der Waals surface area contributed by atoms with Gasteiger partial charge in [0.05, 0.1) is 4.92 Å². The van der Waals surface area contributed by atoms with Gasteiger partial charge < -0.3 is 0 Å². The number of rotatable bonds is 1. The highest BCUT2D eigenvalue weighted by Gasteiger charge is 2.13. The number of aromatic nitrogens is 1. The van der Waals surface area contributed by atoms with Crippen LogP contribution in [0.5, 0.6) is 0 Å². The van der Waals surface area contributed by atoms with Crippen molar-refractivity contribution in [2.24, 2.45) is 0 Å². The fourth-order valence-corrected chi connectivity index (χ4v) is 0.665. The summed E-state index contributed by atoms with van der Waals surface area (Å²) in [5, 5.41) is 10.1. The summed E-state index contributed by atoms with van der Waals surface area (Å²) < 4.78 is 12.5. The van der Waals surface area contributed by atoms with Gasteiger partial charge in [-0.05, 0) is 12.5 Å². The van der Waals surface area contributed by atoms with Gasteiger partial charge in [0.1, 0.15) is 0 Å². The molecule has 0 atom stereocenters. The first-order valence-electron chi connectivity index (χ1n) is 3.28. The van der Waals surface area contributed by atoms with E-state index in [0.29, 0.717) is 5.56 Å². The normalized spacial score (nSPS) is 8.14. The summed E-state index contributed by atoms with van der Waals surface area (Å²) in [5.41, 5.74) is -0.0110. The molecule has 6 nitrogen and oxygen atoms in total. The predicted octanol–water partition coefficient (Wildman–Crippen LogP) is 0.854. The Labute approximate surface area is 77.5 Å². The summed E-state index contributed by atoms with van der Waals surface area (Å²) in [4.78, 5) is 28.7. The first-order valence-corrected chi connectivity index (χ1v) is 3.28. The van der Waals surface area contributed by atoms with Gasteiger partial charge in [0.2, 0.25) is 0 Å². The lowest BCUT2D eigenvalue weighted by Crippen LogP contribution is -1.95. The average molecular weight is 200 g/mol. The molecule has 0 spiro atoms. The van der Waals surface area contributed by atoms with Crippen LogP contribution >= 0.6 is 0 Å². The van der Waals surface area contributed by atoms with Crippen LogP contribution in [0.25, 0.3) is 0 Å². The largest absolute Gasteiger partial charge is 0.373 e. The van der Waals surface area contributed by atoms with Crippen LogP contribution in [-0.2, 0) is 9.59 Å². The molecule has 0 saturated carbocycles. The maximum atomic E-state index is 12.5. The van der Waals surface area contributed by atoms with Crippen LogP contribution in [0, 0.1) is 23.0 Å². The monoisotopic (exact) mass is 200 g/mol. The molecule has 0 aliphatic heterocycles. The Hall–Kier alpha value is -2.14. The van der Waals surface area contributed by atoms with E-state index < -0.39 is 16.6 Å². The van der Waals surface area contributed by atoms with E-state index >= 15 is 0 Å². The van der Waals surface area contributed by atoms with Crippen LogP contribution in [0.2, 0.25) is 0 Å². The Morgan fingerprint density at radius 2 is 2.07 bits per heavy atom. The van der Waals surface area contributed by atoms with Crippen LogP contribution in [0.15, 0.2) is 12.3 Å². The first kappa shape index (κ1) is 11.9. The third kappa shape index (κ3) is 3.51. The summed E-state index contributed by atoms with van der Waals surface area (Å²) in [6.07, 6.45) is 1.49. The number of halogens is 1. The van der Waals surface area contributed by atoms with Gasteiger partial charge in [-0.1, -0.05) is 0 Å². The molecule has 74 valence electrons. The van der Waals surface area contributed by atoms with E-state index in [1.807, 2.05) is 0 Å². The summed E-state index contributed by atoms with van der Waals surface area (Å²) in [7, 11) is 0. The SMILES string of the molecule is Cc1cnc(F)c([N+](=O)[O-])c1.O=C=O. The molecule has 0 aliphatic rings. The molecule has 0 saturated heterocycles. The van der Waals surface area contributed by atoms with E-state index in [-0.39, 0.29) is 6.15 Å². The molecule has 1 heterocycles. The molecule has 0 radical (unpaired) electrons. The summed E-state index contributed by atoms with van der Waals surface area (Å²) >= 11 is 0. The van der Waals surface area contributed by atoms with E-state index in [2.05, 4.69) is 4.98 Å². The van der Waals surface area contributed by atoms with Gasteiger partial charge in [0, 0.05) is 12.3 Å². The molecule has 0 fully saturated rings. The van der Waals surface area contributed by atoms with Gasteiger partial charge in [-0.25, -0.2) is 4.98 Å². The zero-order valence-electron chi connectivity index (χ0n) is 7.06. The Balaban J connectivity index is 0.000000500. The highest BCUT2D eigenvalue weighted by atomic mass is 19.1. The molecular formula is C7H5FN2O4. The Morgan fingerprint density at radius 3 is 2.43 bits per heavy atom. The van der Waals surface area contributed by atoms with Crippen molar-refractivity contribution >= 4 is 11.8 Å². The molecule has 0 unspecified atom stereocenters. The lowest BCUT2D eigenvalue weighted by molar-refractivity contribution is -0.388. The minimum atomic E-state index is -1.04. The van der Waals surface area contributed by atoms with Gasteiger partial charge >= 0.3 is 11.8 Å². The minimum Gasteiger partial charge on any atom is -0.258 e. The highest BCUT2D eigenvalue weighted by Crippen LogP contribution is 2.14. The molecular weight excluding hydrogens is 195 g/mol. The zero-order chi connectivity index (χ0) is 11.1. The second kappa shape index (κ2) is 5.50. The van der Waals surface area contributed by atoms with E-state index in [9.17, 15) is 14.5 Å². The number of nitro groups is 1. The van der Waals surface area contributed by atoms with Crippen molar-refractivity contribution in [1.82, 2.24) is 4.98 Å². The van der Waals surface area contributed by atoms with Crippen LogP contribution in [-0.4, -0.2) is 16.1 Å². The van der Waals surface area contributed by atoms with Crippen molar-refractivity contribution in [3.63, 3.8) is 0 Å². The average Bonchev–Trinajstić information content (AvgIpc) is 2.10. The van der Waals surface area contributed by atoms with Crippen molar-refractivity contribution < 1.29 is 18.9 Å². The summed E-state index contributed by atoms with van der Waals surface area (Å²) in [6, 6.07) is 1.14. The quantitative estimate of drug-likeness (QED) is 0.380. The Kier molecular flexibility index (Phi) is 4.66. The van der Waals surface area contributed by atoms with Crippen molar-refractivity contribution in [1.29, 1.82) is 0 Å². The van der Waals surface area contributed by atoms with Gasteiger partial charge in [-0.2, -0.15) is 14.0 Å². The van der Waals surface area contributed by atoms with Gasteiger partial charge in [0.15, 0.2) is 0 Å². The highest BCUT2D eigenvalue weighted by molar-refractivity contribution is 5.30.